The number of nitrogens with zero attached hydrogens (tertiary/aromatic N) is 1. The molecule has 18 nitrogen and oxygen atoms in total. The molecule has 1 aromatic rings. The van der Waals surface area contributed by atoms with E-state index in [9.17, 15) is 33.3 Å². The molecule has 0 radical (unpaired) electrons. The van der Waals surface area contributed by atoms with Crippen LogP contribution in [0.5, 0.6) is 0 Å². The van der Waals surface area contributed by atoms with Crippen molar-refractivity contribution in [3.63, 3.8) is 0 Å². The molecule has 1 aliphatic heterocycles. The second-order valence-corrected chi connectivity index (χ2v) is 10.8. The summed E-state index contributed by atoms with van der Waals surface area (Å²) in [5.41, 5.74) is 3.29. The normalized spacial score (nSPS) is 26.3. The number of phosphoric acid groups is 3. The Morgan fingerprint density at radius 1 is 1.18 bits per heavy atom. The Kier molecular flexibility index (Phi) is 9.33. The first-order chi connectivity index (χ1) is 15.6. The summed E-state index contributed by atoms with van der Waals surface area (Å²) in [5.74, 6) is 4.86. The van der Waals surface area contributed by atoms with E-state index in [1.165, 1.54) is 0 Å². The molecule has 6 atom stereocenters. The Hall–Kier alpha value is -1.51. The predicted octanol–water partition coefficient (Wildman–Crippen LogP) is -2.54. The van der Waals surface area contributed by atoms with E-state index in [-0.39, 0.29) is 12.1 Å². The van der Waals surface area contributed by atoms with Crippen LogP contribution in [0.3, 0.4) is 0 Å². The van der Waals surface area contributed by atoms with Gasteiger partial charge in [-0.25, -0.2) is 18.5 Å². The van der Waals surface area contributed by atoms with E-state index in [4.69, 9.17) is 29.9 Å². The quantitative estimate of drug-likeness (QED) is 0.123. The summed E-state index contributed by atoms with van der Waals surface area (Å²) in [5, 5.41) is 10.4. The first-order valence-electron chi connectivity index (χ1n) is 8.78. The standard InChI is InChI=1S/C13H20N3O15P3/c1-27-10-9(17)8(6-28-33(23,24)31-34(25,26)30-32(20,21)22)29-12(10)16-5-7(3-2-4-14)11(18)15-13(16)19/h5,8-10,12,17H,4,6,14H2,1H3,(H,23,24)(H,25,26)(H,15,18,19)(H2,20,21,22)/t8-,9-,10-,12-/m1/s1. The summed E-state index contributed by atoms with van der Waals surface area (Å²) >= 11 is 0. The Morgan fingerprint density at radius 3 is 2.38 bits per heavy atom. The Morgan fingerprint density at radius 2 is 1.82 bits per heavy atom. The maximum Gasteiger partial charge on any atom is 0.490 e. The number of H-pyrrole nitrogens is 1. The Labute approximate surface area is 189 Å². The SMILES string of the molecule is CO[C@@H]1[C@H](O)[C@@H](COP(=O)(O)OP(=O)(O)OP(=O)(O)O)O[C@H]1n1cc(C#CCN)c(=O)[nH]c1=O. The minimum absolute atomic E-state index is 0.0828. The van der Waals surface area contributed by atoms with Crippen LogP contribution >= 0.6 is 23.5 Å². The van der Waals surface area contributed by atoms with Crippen molar-refractivity contribution in [3.8, 4) is 11.8 Å². The fraction of sp³-hybridized carbons (Fsp3) is 0.538. The molecule has 0 aromatic carbocycles. The molecule has 2 unspecified atom stereocenters. The van der Waals surface area contributed by atoms with E-state index in [2.05, 4.69) is 25.0 Å². The van der Waals surface area contributed by atoms with Crippen molar-refractivity contribution in [3.05, 3.63) is 32.6 Å². The third kappa shape index (κ3) is 7.75. The van der Waals surface area contributed by atoms with Crippen molar-refractivity contribution in [2.45, 2.75) is 24.5 Å². The van der Waals surface area contributed by atoms with Crippen molar-refractivity contribution < 1.29 is 61.0 Å². The zero-order valence-electron chi connectivity index (χ0n) is 17.0. The second kappa shape index (κ2) is 11.0. The fourth-order valence-corrected chi connectivity index (χ4v) is 5.75. The zero-order chi connectivity index (χ0) is 25.9. The number of aliphatic hydroxyl groups excluding tert-OH is 1. The van der Waals surface area contributed by atoms with Crippen LogP contribution in [0.25, 0.3) is 0 Å². The first kappa shape index (κ1) is 28.7. The molecule has 1 fully saturated rings. The third-order valence-corrected chi connectivity index (χ3v) is 7.77. The number of aromatic nitrogens is 2. The number of nitrogens with two attached hydrogens (primary N) is 1. The molecule has 0 bridgehead atoms. The van der Waals surface area contributed by atoms with Gasteiger partial charge in [0, 0.05) is 13.3 Å². The number of aliphatic hydroxyl groups is 1. The van der Waals surface area contributed by atoms with E-state index in [0.29, 0.717) is 0 Å². The maximum absolute atomic E-state index is 12.3. The summed E-state index contributed by atoms with van der Waals surface area (Å²) in [7, 11) is -15.7. The molecule has 0 aliphatic carbocycles. The lowest BCUT2D eigenvalue weighted by Gasteiger charge is -2.20. The number of methoxy groups -OCH3 is 1. The molecule has 1 saturated heterocycles. The molecule has 0 spiro atoms. The largest absolute Gasteiger partial charge is 0.490 e. The van der Waals surface area contributed by atoms with E-state index in [0.717, 1.165) is 17.9 Å². The Bertz CT molecular complexity index is 1210. The van der Waals surface area contributed by atoms with Gasteiger partial charge in [-0.05, 0) is 0 Å². The molecule has 2 heterocycles. The van der Waals surface area contributed by atoms with Gasteiger partial charge < -0.3 is 39.9 Å². The highest BCUT2D eigenvalue weighted by Gasteiger charge is 2.47. The van der Waals surface area contributed by atoms with Crippen LogP contribution in [-0.4, -0.2) is 72.8 Å². The van der Waals surface area contributed by atoms with Crippen LogP contribution in [0.2, 0.25) is 0 Å². The summed E-state index contributed by atoms with van der Waals surface area (Å²) in [6.45, 7) is -1.08. The average Bonchev–Trinajstić information content (AvgIpc) is 2.98. The monoisotopic (exact) mass is 551 g/mol. The van der Waals surface area contributed by atoms with Crippen LogP contribution in [0.1, 0.15) is 11.8 Å². The van der Waals surface area contributed by atoms with Crippen LogP contribution in [0.4, 0.5) is 0 Å². The topological polar surface area (TPSA) is 279 Å². The Balaban J connectivity index is 2.21. The lowest BCUT2D eigenvalue weighted by molar-refractivity contribution is -0.0620. The molecule has 2 rings (SSSR count). The average molecular weight is 551 g/mol. The van der Waals surface area contributed by atoms with Gasteiger partial charge in [-0.1, -0.05) is 11.8 Å². The number of ether oxygens (including phenoxy) is 2. The van der Waals surface area contributed by atoms with E-state index in [1.807, 2.05) is 4.98 Å². The van der Waals surface area contributed by atoms with Gasteiger partial charge in [0.25, 0.3) is 5.56 Å². The van der Waals surface area contributed by atoms with Crippen molar-refractivity contribution in [2.24, 2.45) is 5.73 Å². The van der Waals surface area contributed by atoms with Crippen molar-refractivity contribution in [1.29, 1.82) is 0 Å². The van der Waals surface area contributed by atoms with Gasteiger partial charge in [-0.3, -0.25) is 18.9 Å². The lowest BCUT2D eigenvalue weighted by atomic mass is 10.1. The molecule has 0 saturated carbocycles. The summed E-state index contributed by atoms with van der Waals surface area (Å²) in [4.78, 5) is 61.9. The maximum atomic E-state index is 12.3. The number of rotatable bonds is 9. The van der Waals surface area contributed by atoms with Crippen LogP contribution in [-0.2, 0) is 36.3 Å². The third-order valence-electron chi connectivity index (χ3n) is 3.97. The van der Waals surface area contributed by atoms with Gasteiger partial charge >= 0.3 is 29.2 Å². The highest BCUT2D eigenvalue weighted by Crippen LogP contribution is 2.66. The molecular weight excluding hydrogens is 531 g/mol. The van der Waals surface area contributed by atoms with Gasteiger partial charge in [-0.15, -0.1) is 0 Å². The summed E-state index contributed by atoms with van der Waals surface area (Å²) in [6, 6.07) is 0. The summed E-state index contributed by atoms with van der Waals surface area (Å²) in [6.07, 6.45) is -4.79. The zero-order valence-corrected chi connectivity index (χ0v) is 19.7. The van der Waals surface area contributed by atoms with Gasteiger partial charge in [0.2, 0.25) is 0 Å². The minimum Gasteiger partial charge on any atom is -0.387 e. The van der Waals surface area contributed by atoms with Crippen LogP contribution in [0, 0.1) is 11.8 Å². The van der Waals surface area contributed by atoms with Crippen LogP contribution in [0.15, 0.2) is 15.8 Å². The smallest absolute Gasteiger partial charge is 0.387 e. The first-order valence-corrected chi connectivity index (χ1v) is 13.3. The van der Waals surface area contributed by atoms with E-state index < -0.39 is 65.9 Å². The number of hydrogen-bond donors (Lipinski definition) is 7. The molecular formula is C13H20N3O15P3. The second-order valence-electron chi connectivity index (χ2n) is 6.36. The lowest BCUT2D eigenvalue weighted by Crippen LogP contribution is -2.39. The van der Waals surface area contributed by atoms with Gasteiger partial charge in [0.1, 0.15) is 23.9 Å². The molecule has 34 heavy (non-hydrogen) atoms. The molecule has 1 aromatic heterocycles. The highest BCUT2D eigenvalue weighted by atomic mass is 31.3. The van der Waals surface area contributed by atoms with Crippen molar-refractivity contribution in [2.75, 3.05) is 20.3 Å². The number of phosphoric ester groups is 1. The van der Waals surface area contributed by atoms with Gasteiger partial charge in [0.15, 0.2) is 6.23 Å². The molecule has 1 aliphatic rings. The van der Waals surface area contributed by atoms with Crippen LogP contribution < -0.4 is 17.0 Å². The van der Waals surface area contributed by atoms with Crippen molar-refractivity contribution >= 4 is 23.5 Å². The van der Waals surface area contributed by atoms with Crippen molar-refractivity contribution in [1.82, 2.24) is 9.55 Å². The molecule has 8 N–H and O–H groups in total. The molecule has 192 valence electrons. The number of nitrogens with one attached hydrogen (secondary N) is 1. The van der Waals surface area contributed by atoms with Gasteiger partial charge in [-0.2, -0.15) is 8.62 Å². The summed E-state index contributed by atoms with van der Waals surface area (Å²) < 4.78 is 56.9. The van der Waals surface area contributed by atoms with E-state index in [1.54, 1.807) is 0 Å². The van der Waals surface area contributed by atoms with Gasteiger partial charge in [0.05, 0.1) is 13.2 Å². The minimum atomic E-state index is -5.75. The fourth-order valence-electron chi connectivity index (χ4n) is 2.72. The van der Waals surface area contributed by atoms with E-state index >= 15 is 0 Å². The molecule has 21 heteroatoms. The number of aromatic amines is 1. The predicted molar refractivity (Wildman–Crippen MR) is 108 cm³/mol. The molecule has 0 amide bonds. The highest BCUT2D eigenvalue weighted by molar-refractivity contribution is 7.66. The number of hydrogen-bond acceptors (Lipinski definition) is 12.